The number of hydrogen-bond donors (Lipinski definition) is 2. The molecule has 0 saturated carbocycles. The molecule has 3 aliphatic rings. The summed E-state index contributed by atoms with van der Waals surface area (Å²) in [5, 5.41) is 7.36. The Bertz CT molecular complexity index is 1370. The van der Waals surface area contributed by atoms with Gasteiger partial charge in [0.05, 0.1) is 5.57 Å². The van der Waals surface area contributed by atoms with E-state index in [1.165, 1.54) is 5.52 Å². The molecule has 160 valence electrons. The highest BCUT2D eigenvalue weighted by atomic mass is 16.2. The molecule has 1 aliphatic carbocycles. The summed E-state index contributed by atoms with van der Waals surface area (Å²) in [5.74, 6) is -0.581. The molecular formula is C27H25N3O2. The molecule has 5 nitrogen and oxygen atoms in total. The SMILES string of the molecule is CC1CC[C@H](C)Nc2ccccc2C2=Cc3c(c4ccccc4n31)CC1=C2C(=O)NC1=O. The third-order valence-corrected chi connectivity index (χ3v) is 7.07. The van der Waals surface area contributed by atoms with Gasteiger partial charge >= 0.3 is 0 Å². The van der Waals surface area contributed by atoms with Crippen molar-refractivity contribution in [3.63, 3.8) is 0 Å². The topological polar surface area (TPSA) is 63.1 Å². The molecule has 5 heteroatoms. The average Bonchev–Trinajstić information content (AvgIpc) is 3.15. The van der Waals surface area contributed by atoms with E-state index in [9.17, 15) is 9.59 Å². The molecule has 2 N–H and O–H groups in total. The van der Waals surface area contributed by atoms with Gasteiger partial charge in [0.2, 0.25) is 0 Å². The van der Waals surface area contributed by atoms with Gasteiger partial charge in [-0.25, -0.2) is 0 Å². The second-order valence-electron chi connectivity index (χ2n) is 9.14. The minimum Gasteiger partial charge on any atom is -0.382 e. The molecule has 0 spiro atoms. The predicted octanol–water partition coefficient (Wildman–Crippen LogP) is 4.85. The number of carbonyl (C=O) groups is 2. The third-order valence-electron chi connectivity index (χ3n) is 7.07. The summed E-state index contributed by atoms with van der Waals surface area (Å²) in [6.07, 6.45) is 4.65. The van der Waals surface area contributed by atoms with E-state index in [1.54, 1.807) is 0 Å². The first kappa shape index (κ1) is 19.1. The third kappa shape index (κ3) is 2.70. The molecule has 1 aromatic heterocycles. The van der Waals surface area contributed by atoms with E-state index in [0.717, 1.165) is 46.3 Å². The van der Waals surface area contributed by atoms with Crippen molar-refractivity contribution in [2.45, 2.75) is 45.2 Å². The molecule has 6 rings (SSSR count). The first-order valence-electron chi connectivity index (χ1n) is 11.3. The molecule has 0 fully saturated rings. The van der Waals surface area contributed by atoms with Crippen LogP contribution in [0.5, 0.6) is 0 Å². The van der Waals surface area contributed by atoms with Gasteiger partial charge in [0.15, 0.2) is 0 Å². The van der Waals surface area contributed by atoms with Crippen molar-refractivity contribution in [1.82, 2.24) is 9.88 Å². The Morgan fingerprint density at radius 1 is 0.938 bits per heavy atom. The van der Waals surface area contributed by atoms with Gasteiger partial charge in [0.1, 0.15) is 0 Å². The second kappa shape index (κ2) is 6.95. The first-order valence-corrected chi connectivity index (χ1v) is 11.3. The monoisotopic (exact) mass is 423 g/mol. The van der Waals surface area contributed by atoms with Crippen LogP contribution in [0.2, 0.25) is 0 Å². The summed E-state index contributed by atoms with van der Waals surface area (Å²) in [7, 11) is 0. The number of imide groups is 1. The summed E-state index contributed by atoms with van der Waals surface area (Å²) < 4.78 is 2.41. The normalized spacial score (nSPS) is 22.4. The van der Waals surface area contributed by atoms with E-state index >= 15 is 0 Å². The Balaban J connectivity index is 1.75. The van der Waals surface area contributed by atoms with Crippen molar-refractivity contribution in [2.75, 3.05) is 5.32 Å². The van der Waals surface area contributed by atoms with Crippen molar-refractivity contribution >= 4 is 40.1 Å². The standard InChI is InChI=1S/C27H25N3O2/c1-15-11-12-16(2)30-23-10-6-4-8-18(23)19-13-21-25(27(32)29-26(21)31)20(14-24(19)30)17-7-3-5-9-22(17)28-15/h3-10,14-16,28H,11-13H2,1-2H3,(H,29,31,32)/t15-,16?/m0/s1. The molecule has 2 aliphatic heterocycles. The quantitative estimate of drug-likeness (QED) is 0.508. The lowest BCUT2D eigenvalue weighted by molar-refractivity contribution is -0.124. The second-order valence-corrected chi connectivity index (χ2v) is 9.14. The Labute approximate surface area is 186 Å². The number of fused-ring (bicyclic) bond motifs is 6. The average molecular weight is 424 g/mol. The van der Waals surface area contributed by atoms with Crippen LogP contribution in [0, 0.1) is 0 Å². The van der Waals surface area contributed by atoms with E-state index in [1.807, 2.05) is 24.3 Å². The van der Waals surface area contributed by atoms with Crippen molar-refractivity contribution in [3.05, 3.63) is 76.5 Å². The lowest BCUT2D eigenvalue weighted by Crippen LogP contribution is -2.24. The van der Waals surface area contributed by atoms with E-state index in [-0.39, 0.29) is 23.9 Å². The minimum absolute atomic E-state index is 0.276. The number of rotatable bonds is 0. The summed E-state index contributed by atoms with van der Waals surface area (Å²) in [5.41, 5.74) is 7.25. The lowest BCUT2D eigenvalue weighted by atomic mass is 9.93. The summed E-state index contributed by atoms with van der Waals surface area (Å²) in [4.78, 5) is 25.9. The van der Waals surface area contributed by atoms with Gasteiger partial charge in [-0.1, -0.05) is 36.4 Å². The molecule has 1 unspecified atom stereocenters. The molecule has 2 atom stereocenters. The van der Waals surface area contributed by atoms with Gasteiger partial charge < -0.3 is 9.88 Å². The van der Waals surface area contributed by atoms with E-state index in [4.69, 9.17) is 0 Å². The van der Waals surface area contributed by atoms with Crippen LogP contribution < -0.4 is 10.6 Å². The summed E-state index contributed by atoms with van der Waals surface area (Å²) in [6.45, 7) is 4.47. The van der Waals surface area contributed by atoms with Crippen molar-refractivity contribution in [3.8, 4) is 0 Å². The fourth-order valence-electron chi connectivity index (χ4n) is 5.51. The zero-order chi connectivity index (χ0) is 22.0. The smallest absolute Gasteiger partial charge is 0.259 e. The van der Waals surface area contributed by atoms with E-state index in [2.05, 4.69) is 59.4 Å². The highest BCUT2D eigenvalue weighted by Crippen LogP contribution is 2.43. The molecule has 2 amide bonds. The van der Waals surface area contributed by atoms with E-state index in [0.29, 0.717) is 17.6 Å². The molecular weight excluding hydrogens is 398 g/mol. The maximum Gasteiger partial charge on any atom is 0.259 e. The fourth-order valence-corrected chi connectivity index (χ4v) is 5.51. The molecule has 2 aromatic carbocycles. The van der Waals surface area contributed by atoms with Gasteiger partial charge in [0.25, 0.3) is 11.8 Å². The van der Waals surface area contributed by atoms with Gasteiger partial charge in [-0.15, -0.1) is 0 Å². The van der Waals surface area contributed by atoms with Gasteiger partial charge in [0, 0.05) is 51.9 Å². The van der Waals surface area contributed by atoms with Crippen LogP contribution in [-0.4, -0.2) is 22.4 Å². The number of hydrogen-bond acceptors (Lipinski definition) is 3. The minimum atomic E-state index is -0.303. The number of nitrogens with zero attached hydrogens (tertiary/aromatic N) is 1. The number of benzene rings is 2. The Morgan fingerprint density at radius 3 is 2.59 bits per heavy atom. The van der Waals surface area contributed by atoms with Gasteiger partial charge in [-0.2, -0.15) is 0 Å². The van der Waals surface area contributed by atoms with E-state index < -0.39 is 0 Å². The van der Waals surface area contributed by atoms with Gasteiger partial charge in [-0.05, 0) is 56.0 Å². The largest absolute Gasteiger partial charge is 0.382 e. The van der Waals surface area contributed by atoms with Crippen molar-refractivity contribution in [1.29, 1.82) is 0 Å². The Kier molecular flexibility index (Phi) is 4.15. The number of amides is 2. The Morgan fingerprint density at radius 2 is 1.72 bits per heavy atom. The summed E-state index contributed by atoms with van der Waals surface area (Å²) >= 11 is 0. The lowest BCUT2D eigenvalue weighted by Gasteiger charge is -2.21. The molecule has 3 heterocycles. The van der Waals surface area contributed by atoms with Crippen LogP contribution in [0.4, 0.5) is 5.69 Å². The number of carbonyl (C=O) groups excluding carboxylic acids is 2. The fraction of sp³-hybridized carbons (Fsp3) is 0.259. The van der Waals surface area contributed by atoms with Crippen LogP contribution in [0.25, 0.3) is 22.6 Å². The van der Waals surface area contributed by atoms with Crippen LogP contribution in [0.1, 0.15) is 49.6 Å². The zero-order valence-electron chi connectivity index (χ0n) is 18.2. The van der Waals surface area contributed by atoms with Crippen LogP contribution in [-0.2, 0) is 16.0 Å². The maximum absolute atomic E-state index is 13.0. The number of aromatic nitrogens is 1. The number of nitrogens with one attached hydrogen (secondary N) is 2. The molecule has 32 heavy (non-hydrogen) atoms. The zero-order valence-corrected chi connectivity index (χ0v) is 18.2. The first-order chi connectivity index (χ1) is 15.5. The summed E-state index contributed by atoms with van der Waals surface area (Å²) in [6, 6.07) is 17.1. The molecule has 0 radical (unpaired) electrons. The Hall–Kier alpha value is -3.60. The maximum atomic E-state index is 13.0. The van der Waals surface area contributed by atoms with Gasteiger partial charge in [-0.3, -0.25) is 14.9 Å². The van der Waals surface area contributed by atoms with Crippen LogP contribution >= 0.6 is 0 Å². The van der Waals surface area contributed by atoms with Crippen molar-refractivity contribution < 1.29 is 9.59 Å². The van der Waals surface area contributed by atoms with Crippen LogP contribution in [0.15, 0.2) is 59.7 Å². The number of para-hydroxylation sites is 2. The van der Waals surface area contributed by atoms with Crippen LogP contribution in [0.3, 0.4) is 0 Å². The highest BCUT2D eigenvalue weighted by molar-refractivity contribution is 6.29. The van der Waals surface area contributed by atoms with Crippen molar-refractivity contribution in [2.24, 2.45) is 0 Å². The molecule has 3 aromatic rings. The highest BCUT2D eigenvalue weighted by Gasteiger charge is 2.37. The number of anilines is 1. The predicted molar refractivity (Wildman–Crippen MR) is 127 cm³/mol. The molecule has 0 saturated heterocycles. The molecule has 2 bridgehead atoms.